The summed E-state index contributed by atoms with van der Waals surface area (Å²) >= 11 is 0. The number of benzene rings is 1. The predicted molar refractivity (Wildman–Crippen MR) is 106 cm³/mol. The molecule has 0 aliphatic heterocycles. The lowest BCUT2D eigenvalue weighted by Gasteiger charge is -2.22. The number of aryl methyl sites for hydroxylation is 1. The van der Waals surface area contributed by atoms with Crippen LogP contribution < -0.4 is 10.5 Å². The molecule has 3 aromatic rings. The summed E-state index contributed by atoms with van der Waals surface area (Å²) in [6, 6.07) is 7.87. The van der Waals surface area contributed by atoms with E-state index in [1.165, 1.54) is 6.26 Å². The highest BCUT2D eigenvalue weighted by molar-refractivity contribution is 7.88. The minimum atomic E-state index is -3.19. The lowest BCUT2D eigenvalue weighted by molar-refractivity contribution is 0.345. The molecular formula is C18H25N5O2S. The number of hydrogen-bond donors (Lipinski definition) is 2. The van der Waals surface area contributed by atoms with Gasteiger partial charge in [0.25, 0.3) is 0 Å². The van der Waals surface area contributed by atoms with E-state index in [2.05, 4.69) is 30.5 Å². The van der Waals surface area contributed by atoms with Crippen molar-refractivity contribution in [3.8, 4) is 0 Å². The second-order valence-corrected chi connectivity index (χ2v) is 9.37. The third-order valence-corrected chi connectivity index (χ3v) is 4.96. The van der Waals surface area contributed by atoms with Crippen molar-refractivity contribution in [3.63, 3.8) is 0 Å². The van der Waals surface area contributed by atoms with Crippen LogP contribution in [-0.2, 0) is 22.0 Å². The first-order valence-corrected chi connectivity index (χ1v) is 10.5. The molecule has 0 spiro atoms. The first-order chi connectivity index (χ1) is 12.1. The Labute approximate surface area is 153 Å². The molecule has 0 aliphatic rings. The fourth-order valence-electron chi connectivity index (χ4n) is 3.18. The van der Waals surface area contributed by atoms with Crippen LogP contribution in [-0.4, -0.2) is 36.0 Å². The molecule has 2 aromatic heterocycles. The fraction of sp³-hybridized carbons (Fsp3) is 0.444. The van der Waals surface area contributed by atoms with Gasteiger partial charge in [-0.25, -0.2) is 18.1 Å². The number of hydrogen-bond acceptors (Lipinski definition) is 5. The second kappa shape index (κ2) is 6.51. The highest BCUT2D eigenvalue weighted by atomic mass is 32.2. The minimum Gasteiger partial charge on any atom is -0.382 e. The molecule has 3 N–H and O–H groups in total. The third-order valence-electron chi connectivity index (χ3n) is 4.23. The minimum absolute atomic E-state index is 0.230. The van der Waals surface area contributed by atoms with Crippen molar-refractivity contribution in [2.75, 3.05) is 18.5 Å². The Hall–Kier alpha value is -2.19. The van der Waals surface area contributed by atoms with Gasteiger partial charge in [-0.2, -0.15) is 5.10 Å². The van der Waals surface area contributed by atoms with Gasteiger partial charge in [-0.3, -0.25) is 4.68 Å². The van der Waals surface area contributed by atoms with Gasteiger partial charge in [0.15, 0.2) is 5.82 Å². The fourth-order valence-corrected chi connectivity index (χ4v) is 3.69. The number of nitrogen functional groups attached to an aromatic ring is 1. The Bertz CT molecular complexity index is 1060. The summed E-state index contributed by atoms with van der Waals surface area (Å²) in [5.74, 6) is 0.414. The van der Waals surface area contributed by atoms with E-state index in [1.807, 2.05) is 28.9 Å². The number of nitrogens with zero attached hydrogens (tertiary/aromatic N) is 3. The Balaban J connectivity index is 2.14. The molecule has 0 aliphatic carbocycles. The molecule has 0 fully saturated rings. The van der Waals surface area contributed by atoms with Crippen molar-refractivity contribution in [2.24, 2.45) is 0 Å². The van der Waals surface area contributed by atoms with Gasteiger partial charge in [0.2, 0.25) is 10.0 Å². The highest BCUT2D eigenvalue weighted by Crippen LogP contribution is 2.33. The van der Waals surface area contributed by atoms with Crippen LogP contribution in [0.2, 0.25) is 0 Å². The molecule has 8 heteroatoms. The zero-order valence-corrected chi connectivity index (χ0v) is 16.4. The van der Waals surface area contributed by atoms with E-state index in [4.69, 9.17) is 10.8 Å². The van der Waals surface area contributed by atoms with Crippen molar-refractivity contribution >= 4 is 37.6 Å². The Morgan fingerprint density at radius 1 is 1.23 bits per heavy atom. The van der Waals surface area contributed by atoms with Crippen LogP contribution in [0, 0.1) is 0 Å². The first-order valence-electron chi connectivity index (χ1n) is 8.59. The number of aromatic nitrogens is 3. The molecule has 3 rings (SSSR count). The van der Waals surface area contributed by atoms with Gasteiger partial charge in [-0.15, -0.1) is 0 Å². The lowest BCUT2D eigenvalue weighted by Crippen LogP contribution is -2.27. The number of fused-ring (bicyclic) bond motifs is 3. The average Bonchev–Trinajstić information content (AvgIpc) is 2.91. The smallest absolute Gasteiger partial charge is 0.208 e. The van der Waals surface area contributed by atoms with Gasteiger partial charge < -0.3 is 5.73 Å². The number of sulfonamides is 1. The number of rotatable bonds is 5. The maximum atomic E-state index is 11.3. The normalized spacial score (nSPS) is 12.9. The number of para-hydroxylation sites is 1. The molecule has 0 radical (unpaired) electrons. The molecule has 2 heterocycles. The molecule has 0 amide bonds. The Morgan fingerprint density at radius 3 is 2.58 bits per heavy atom. The van der Waals surface area contributed by atoms with Crippen LogP contribution in [0.3, 0.4) is 0 Å². The van der Waals surface area contributed by atoms with Crippen LogP contribution in [0.4, 0.5) is 5.82 Å². The molecule has 0 unspecified atom stereocenters. The van der Waals surface area contributed by atoms with Crippen molar-refractivity contribution < 1.29 is 8.42 Å². The summed E-state index contributed by atoms with van der Waals surface area (Å²) in [4.78, 5) is 4.48. The molecule has 140 valence electrons. The average molecular weight is 375 g/mol. The molecule has 0 bridgehead atoms. The van der Waals surface area contributed by atoms with E-state index in [0.717, 1.165) is 22.0 Å². The maximum absolute atomic E-state index is 11.3. The molecule has 0 atom stereocenters. The summed E-state index contributed by atoms with van der Waals surface area (Å²) < 4.78 is 27.1. The van der Waals surface area contributed by atoms with Crippen molar-refractivity contribution in [1.82, 2.24) is 19.5 Å². The van der Waals surface area contributed by atoms with Crippen LogP contribution in [0.5, 0.6) is 0 Å². The summed E-state index contributed by atoms with van der Waals surface area (Å²) in [7, 11) is -3.19. The Kier molecular flexibility index (Phi) is 4.66. The number of pyridine rings is 1. The summed E-state index contributed by atoms with van der Waals surface area (Å²) in [5.41, 5.74) is 8.53. The summed E-state index contributed by atoms with van der Waals surface area (Å²) in [6.07, 6.45) is 2.52. The van der Waals surface area contributed by atoms with E-state index in [9.17, 15) is 8.42 Å². The van der Waals surface area contributed by atoms with Gasteiger partial charge in [0.05, 0.1) is 17.3 Å². The van der Waals surface area contributed by atoms with Gasteiger partial charge in [-0.05, 0) is 39.7 Å². The van der Waals surface area contributed by atoms with Crippen LogP contribution >= 0.6 is 0 Å². The van der Waals surface area contributed by atoms with E-state index in [1.54, 1.807) is 0 Å². The molecule has 1 aromatic carbocycles. The Morgan fingerprint density at radius 2 is 1.92 bits per heavy atom. The van der Waals surface area contributed by atoms with Crippen molar-refractivity contribution in [2.45, 2.75) is 39.2 Å². The summed E-state index contributed by atoms with van der Waals surface area (Å²) in [5, 5.41) is 6.77. The lowest BCUT2D eigenvalue weighted by atomic mass is 10.0. The van der Waals surface area contributed by atoms with Crippen LogP contribution in [0.1, 0.15) is 32.9 Å². The van der Waals surface area contributed by atoms with Gasteiger partial charge >= 0.3 is 0 Å². The maximum Gasteiger partial charge on any atom is 0.208 e. The van der Waals surface area contributed by atoms with Crippen molar-refractivity contribution in [1.29, 1.82) is 0 Å². The number of anilines is 1. The number of nitrogens with one attached hydrogen (secondary N) is 1. The highest BCUT2D eigenvalue weighted by Gasteiger charge is 2.24. The van der Waals surface area contributed by atoms with Crippen molar-refractivity contribution in [3.05, 3.63) is 30.0 Å². The monoisotopic (exact) mass is 375 g/mol. The molecule has 0 saturated carbocycles. The molecule has 7 nitrogen and oxygen atoms in total. The van der Waals surface area contributed by atoms with E-state index >= 15 is 0 Å². The SMILES string of the molecule is CC(C)(C)n1nc2c(N)nc3ccccc3c2c1CCCNS(C)(=O)=O. The van der Waals surface area contributed by atoms with Crippen LogP contribution in [0.25, 0.3) is 21.8 Å². The topological polar surface area (TPSA) is 103 Å². The van der Waals surface area contributed by atoms with Gasteiger partial charge in [-0.1, -0.05) is 18.2 Å². The summed E-state index contributed by atoms with van der Waals surface area (Å²) in [6.45, 7) is 6.64. The van der Waals surface area contributed by atoms with E-state index in [-0.39, 0.29) is 5.54 Å². The predicted octanol–water partition coefficient (Wildman–Crippen LogP) is 2.40. The largest absolute Gasteiger partial charge is 0.382 e. The third kappa shape index (κ3) is 3.66. The van der Waals surface area contributed by atoms with Gasteiger partial charge in [0.1, 0.15) is 5.52 Å². The second-order valence-electron chi connectivity index (χ2n) is 7.54. The number of nitrogens with two attached hydrogens (primary N) is 1. The quantitative estimate of drug-likeness (QED) is 0.667. The van der Waals surface area contributed by atoms with E-state index < -0.39 is 10.0 Å². The molecular weight excluding hydrogens is 350 g/mol. The van der Waals surface area contributed by atoms with E-state index in [0.29, 0.717) is 30.7 Å². The zero-order chi connectivity index (χ0) is 19.1. The van der Waals surface area contributed by atoms with Gasteiger partial charge in [0, 0.05) is 23.0 Å². The standard InChI is InChI=1S/C18H25N5O2S/c1-18(2,3)23-14(10-7-11-20-26(4,24)25)15-12-8-5-6-9-13(12)21-17(19)16(15)22-23/h5-6,8-9,20H,7,10-11H2,1-4H3,(H2,19,21). The molecule has 0 saturated heterocycles. The van der Waals surface area contributed by atoms with Crippen LogP contribution in [0.15, 0.2) is 24.3 Å². The molecule has 26 heavy (non-hydrogen) atoms. The first kappa shape index (κ1) is 18.6. The zero-order valence-electron chi connectivity index (χ0n) is 15.6.